The summed E-state index contributed by atoms with van der Waals surface area (Å²) in [5, 5.41) is 0. The zero-order valence-corrected chi connectivity index (χ0v) is 9.15. The minimum atomic E-state index is 0.251. The Hall–Kier alpha value is -0.970. The lowest BCUT2D eigenvalue weighted by Crippen LogP contribution is -2.37. The van der Waals surface area contributed by atoms with Gasteiger partial charge in [-0.05, 0) is 31.4 Å². The Morgan fingerprint density at radius 2 is 2.47 bits per heavy atom. The van der Waals surface area contributed by atoms with Crippen LogP contribution in [0, 0.1) is 0 Å². The number of nitrogens with zero attached hydrogens (tertiary/aromatic N) is 1. The Labute approximate surface area is 90.8 Å². The molecular weight excluding hydrogens is 190 g/mol. The van der Waals surface area contributed by atoms with Crippen molar-refractivity contribution in [1.82, 2.24) is 10.4 Å². The van der Waals surface area contributed by atoms with Gasteiger partial charge < -0.3 is 4.74 Å². The molecule has 0 aliphatic heterocycles. The van der Waals surface area contributed by atoms with Crippen molar-refractivity contribution in [3.05, 3.63) is 30.1 Å². The molecule has 0 bridgehead atoms. The molecule has 0 aliphatic rings. The second-order valence-electron chi connectivity index (χ2n) is 3.41. The first-order valence-corrected chi connectivity index (χ1v) is 5.29. The fourth-order valence-electron chi connectivity index (χ4n) is 1.42. The number of hydrogen-bond acceptors (Lipinski definition) is 4. The van der Waals surface area contributed by atoms with E-state index in [1.54, 1.807) is 6.20 Å². The molecule has 0 fully saturated rings. The van der Waals surface area contributed by atoms with Crippen molar-refractivity contribution in [3.63, 3.8) is 0 Å². The van der Waals surface area contributed by atoms with Gasteiger partial charge in [-0.2, -0.15) is 0 Å². The number of pyridine rings is 1. The van der Waals surface area contributed by atoms with Crippen LogP contribution in [0.15, 0.2) is 24.5 Å². The van der Waals surface area contributed by atoms with Gasteiger partial charge in [0.15, 0.2) is 0 Å². The van der Waals surface area contributed by atoms with Crippen LogP contribution in [0.3, 0.4) is 0 Å². The molecule has 0 aliphatic carbocycles. The average molecular weight is 209 g/mol. The molecule has 0 saturated carbocycles. The highest BCUT2D eigenvalue weighted by molar-refractivity contribution is 5.09. The molecule has 1 unspecified atom stereocenters. The Kier molecular flexibility index (Phi) is 5.92. The van der Waals surface area contributed by atoms with Gasteiger partial charge in [0.1, 0.15) is 0 Å². The maximum atomic E-state index is 5.48. The van der Waals surface area contributed by atoms with Gasteiger partial charge in [-0.25, -0.2) is 0 Å². The summed E-state index contributed by atoms with van der Waals surface area (Å²) in [6.45, 7) is 3.49. The molecule has 0 amide bonds. The second kappa shape index (κ2) is 7.34. The van der Waals surface area contributed by atoms with E-state index in [1.165, 1.54) is 5.56 Å². The van der Waals surface area contributed by atoms with Crippen LogP contribution in [0.2, 0.25) is 0 Å². The van der Waals surface area contributed by atoms with Crippen molar-refractivity contribution in [3.8, 4) is 0 Å². The van der Waals surface area contributed by atoms with Crippen molar-refractivity contribution >= 4 is 0 Å². The number of aromatic nitrogens is 1. The number of hydrogen-bond donors (Lipinski definition) is 2. The lowest BCUT2D eigenvalue weighted by molar-refractivity contribution is 0.136. The van der Waals surface area contributed by atoms with Crippen LogP contribution in [0.4, 0.5) is 0 Å². The first-order valence-electron chi connectivity index (χ1n) is 5.29. The van der Waals surface area contributed by atoms with Gasteiger partial charge >= 0.3 is 0 Å². The van der Waals surface area contributed by atoms with Crippen LogP contribution in [0.5, 0.6) is 0 Å². The van der Waals surface area contributed by atoms with Crippen molar-refractivity contribution in [2.24, 2.45) is 5.84 Å². The molecule has 1 heterocycles. The van der Waals surface area contributed by atoms with E-state index in [0.717, 1.165) is 26.1 Å². The van der Waals surface area contributed by atoms with Crippen LogP contribution in [0.1, 0.15) is 18.9 Å². The maximum Gasteiger partial charge on any atom is 0.0481 e. The molecule has 1 aromatic rings. The zero-order chi connectivity index (χ0) is 10.9. The van der Waals surface area contributed by atoms with Gasteiger partial charge in [-0.1, -0.05) is 6.07 Å². The first-order chi connectivity index (χ1) is 7.36. The van der Waals surface area contributed by atoms with E-state index in [2.05, 4.69) is 16.5 Å². The molecule has 0 aromatic carbocycles. The molecule has 3 N–H and O–H groups in total. The Morgan fingerprint density at radius 3 is 3.07 bits per heavy atom. The van der Waals surface area contributed by atoms with E-state index < -0.39 is 0 Å². The molecule has 1 rings (SSSR count). The Morgan fingerprint density at radius 1 is 1.60 bits per heavy atom. The fourth-order valence-corrected chi connectivity index (χ4v) is 1.42. The van der Waals surface area contributed by atoms with E-state index in [1.807, 2.05) is 19.2 Å². The van der Waals surface area contributed by atoms with E-state index >= 15 is 0 Å². The lowest BCUT2D eigenvalue weighted by Gasteiger charge is -2.15. The number of ether oxygens (including phenoxy) is 1. The van der Waals surface area contributed by atoms with Gasteiger partial charge in [0.05, 0.1) is 0 Å². The van der Waals surface area contributed by atoms with Crippen LogP contribution < -0.4 is 11.3 Å². The largest absolute Gasteiger partial charge is 0.382 e. The summed E-state index contributed by atoms with van der Waals surface area (Å²) in [7, 11) is 0. The molecular formula is C11H19N3O. The standard InChI is InChI=1S/C11H19N3O/c1-2-15-7-5-11(14-12)8-10-4-3-6-13-9-10/h3-4,6,9,11,14H,2,5,7-8,12H2,1H3. The third-order valence-electron chi connectivity index (χ3n) is 2.26. The van der Waals surface area contributed by atoms with Crippen LogP contribution in [-0.4, -0.2) is 24.2 Å². The molecule has 15 heavy (non-hydrogen) atoms. The van der Waals surface area contributed by atoms with E-state index in [4.69, 9.17) is 10.6 Å². The predicted molar refractivity (Wildman–Crippen MR) is 60.2 cm³/mol. The normalized spacial score (nSPS) is 12.7. The average Bonchev–Trinajstić information content (AvgIpc) is 2.29. The SMILES string of the molecule is CCOCCC(Cc1cccnc1)NN. The number of nitrogens with two attached hydrogens (primary N) is 1. The van der Waals surface area contributed by atoms with Gasteiger partial charge in [-0.15, -0.1) is 0 Å². The summed E-state index contributed by atoms with van der Waals surface area (Å²) in [4.78, 5) is 4.07. The van der Waals surface area contributed by atoms with Crippen LogP contribution in [-0.2, 0) is 11.2 Å². The minimum Gasteiger partial charge on any atom is -0.382 e. The monoisotopic (exact) mass is 209 g/mol. The highest BCUT2D eigenvalue weighted by Gasteiger charge is 2.07. The Bertz CT molecular complexity index is 253. The summed E-state index contributed by atoms with van der Waals surface area (Å²) in [6, 6.07) is 4.24. The van der Waals surface area contributed by atoms with Gasteiger partial charge in [0.25, 0.3) is 0 Å². The number of hydrazine groups is 1. The van der Waals surface area contributed by atoms with Gasteiger partial charge in [0, 0.05) is 31.6 Å². The molecule has 0 saturated heterocycles. The van der Waals surface area contributed by atoms with Gasteiger partial charge in [-0.3, -0.25) is 16.3 Å². The highest BCUT2D eigenvalue weighted by Crippen LogP contribution is 2.03. The zero-order valence-electron chi connectivity index (χ0n) is 9.15. The summed E-state index contributed by atoms with van der Waals surface area (Å²) >= 11 is 0. The molecule has 0 spiro atoms. The van der Waals surface area contributed by atoms with Crippen molar-refractivity contribution in [1.29, 1.82) is 0 Å². The molecule has 0 radical (unpaired) electrons. The molecule has 4 nitrogen and oxygen atoms in total. The molecule has 84 valence electrons. The summed E-state index contributed by atoms with van der Waals surface area (Å²) in [5.74, 6) is 5.48. The minimum absolute atomic E-state index is 0.251. The molecule has 1 aromatic heterocycles. The summed E-state index contributed by atoms with van der Waals surface area (Å²) < 4.78 is 5.29. The topological polar surface area (TPSA) is 60.2 Å². The summed E-state index contributed by atoms with van der Waals surface area (Å²) in [5.41, 5.74) is 3.99. The number of nitrogens with one attached hydrogen (secondary N) is 1. The van der Waals surface area contributed by atoms with Crippen molar-refractivity contribution in [2.45, 2.75) is 25.8 Å². The maximum absolute atomic E-state index is 5.48. The molecule has 4 heteroatoms. The van der Waals surface area contributed by atoms with E-state index in [-0.39, 0.29) is 6.04 Å². The third kappa shape index (κ3) is 4.88. The highest BCUT2D eigenvalue weighted by atomic mass is 16.5. The van der Waals surface area contributed by atoms with E-state index in [0.29, 0.717) is 0 Å². The van der Waals surface area contributed by atoms with Crippen LogP contribution >= 0.6 is 0 Å². The first kappa shape index (κ1) is 12.1. The van der Waals surface area contributed by atoms with E-state index in [9.17, 15) is 0 Å². The van der Waals surface area contributed by atoms with Gasteiger partial charge in [0.2, 0.25) is 0 Å². The lowest BCUT2D eigenvalue weighted by atomic mass is 10.1. The Balaban J connectivity index is 2.33. The quantitative estimate of drug-likeness (QED) is 0.397. The third-order valence-corrected chi connectivity index (χ3v) is 2.26. The fraction of sp³-hybridized carbons (Fsp3) is 0.545. The van der Waals surface area contributed by atoms with Crippen molar-refractivity contribution < 1.29 is 4.74 Å². The van der Waals surface area contributed by atoms with Crippen molar-refractivity contribution in [2.75, 3.05) is 13.2 Å². The molecule has 1 atom stereocenters. The smallest absolute Gasteiger partial charge is 0.0481 e. The summed E-state index contributed by atoms with van der Waals surface area (Å²) in [6.07, 6.45) is 5.44. The predicted octanol–water partition coefficient (Wildman–Crippen LogP) is 0.883. The number of rotatable bonds is 7. The second-order valence-corrected chi connectivity index (χ2v) is 3.41. The van der Waals surface area contributed by atoms with Crippen LogP contribution in [0.25, 0.3) is 0 Å².